The van der Waals surface area contributed by atoms with Crippen molar-refractivity contribution in [3.05, 3.63) is 83.3 Å². The van der Waals surface area contributed by atoms with Crippen molar-refractivity contribution in [1.29, 1.82) is 0 Å². The Kier molecular flexibility index (Phi) is 11.0. The van der Waals surface area contributed by atoms with Gasteiger partial charge in [-0.25, -0.2) is 15.0 Å². The summed E-state index contributed by atoms with van der Waals surface area (Å²) in [7, 11) is 1.84. The molecule has 2 saturated heterocycles. The van der Waals surface area contributed by atoms with Crippen LogP contribution >= 0.6 is 11.3 Å². The fraction of sp³-hybridized carbons (Fsp3) is 0.368. The monoisotopic (exact) mass is 720 g/mol. The molecule has 13 nitrogen and oxygen atoms in total. The van der Waals surface area contributed by atoms with Crippen molar-refractivity contribution in [1.82, 2.24) is 35.4 Å². The number of para-hydroxylation sites is 1. The summed E-state index contributed by atoms with van der Waals surface area (Å²) in [5, 5.41) is 25.0. The number of amides is 1. The fourth-order valence-electron chi connectivity index (χ4n) is 6.96. The van der Waals surface area contributed by atoms with E-state index in [2.05, 4.69) is 52.6 Å². The molecule has 270 valence electrons. The van der Waals surface area contributed by atoms with Crippen molar-refractivity contribution in [2.24, 2.45) is 0 Å². The number of carbonyl (C=O) groups is 1. The molecular formula is C38H44N10O3S. The van der Waals surface area contributed by atoms with Crippen LogP contribution in [0.4, 0.5) is 17.5 Å². The molecule has 3 N–H and O–H groups in total. The minimum atomic E-state index is 0.182. The average Bonchev–Trinajstić information content (AvgIpc) is 3.63. The zero-order chi connectivity index (χ0) is 35.9. The number of hydrogen-bond acceptors (Lipinski definition) is 13. The van der Waals surface area contributed by atoms with Gasteiger partial charge in [0, 0.05) is 69.8 Å². The van der Waals surface area contributed by atoms with Crippen molar-refractivity contribution in [3.8, 4) is 33.2 Å². The number of anilines is 3. The number of likely N-dealkylation sites (tertiary alicyclic amines) is 1. The van der Waals surface area contributed by atoms with Crippen LogP contribution in [0.5, 0.6) is 11.5 Å². The number of benzene rings is 2. The molecule has 1 amide bonds. The number of aryl methyl sites for hydroxylation is 1. The van der Waals surface area contributed by atoms with Crippen molar-refractivity contribution in [2.45, 2.75) is 32.2 Å². The Morgan fingerprint density at radius 1 is 0.962 bits per heavy atom. The summed E-state index contributed by atoms with van der Waals surface area (Å²) in [5.74, 6) is 2.87. The van der Waals surface area contributed by atoms with Crippen LogP contribution in [0, 0.1) is 6.92 Å². The highest BCUT2D eigenvalue weighted by Gasteiger charge is 2.25. The van der Waals surface area contributed by atoms with E-state index in [1.165, 1.54) is 5.56 Å². The standard InChI is InChI=1S/C38H44N10O3S/c1-26-36(52-25-43-26)28-7-8-29(21-40-24-49)35(19-28)51-18-17-46-11-9-27(10-12-46)30-22-41-38(42-23-30)48-15-13-47(14-16-48)33-20-32(44-45-37(33)39-2)31-5-3-4-6-34(31)50/h3-8,19-20,22-25,27,50H,9-18,21H2,1-2H3,(H,39,45)(H,40,49). The number of hydrogen-bond donors (Lipinski definition) is 3. The van der Waals surface area contributed by atoms with E-state index < -0.39 is 0 Å². The number of piperidine rings is 1. The van der Waals surface area contributed by atoms with E-state index in [4.69, 9.17) is 14.7 Å². The van der Waals surface area contributed by atoms with E-state index in [1.807, 2.05) is 56.1 Å². The number of aromatic nitrogens is 5. The number of nitrogens with one attached hydrogen (secondary N) is 2. The molecule has 0 radical (unpaired) electrons. The van der Waals surface area contributed by atoms with E-state index in [9.17, 15) is 9.90 Å². The molecule has 0 aliphatic carbocycles. The second kappa shape index (κ2) is 16.3. The molecule has 2 aliphatic rings. The first-order chi connectivity index (χ1) is 25.5. The third-order valence-corrected chi connectivity index (χ3v) is 10.9. The van der Waals surface area contributed by atoms with Crippen LogP contribution in [-0.2, 0) is 11.3 Å². The zero-order valence-electron chi connectivity index (χ0n) is 29.5. The Balaban J connectivity index is 0.898. The lowest BCUT2D eigenvalue weighted by atomic mass is 9.91. The van der Waals surface area contributed by atoms with Crippen LogP contribution in [0.2, 0.25) is 0 Å². The smallest absolute Gasteiger partial charge is 0.225 e. The summed E-state index contributed by atoms with van der Waals surface area (Å²) in [4.78, 5) is 33.1. The number of thiazole rings is 1. The molecule has 2 aliphatic heterocycles. The van der Waals surface area contributed by atoms with Gasteiger partial charge in [-0.3, -0.25) is 9.69 Å². The average molecular weight is 721 g/mol. The fourth-order valence-corrected chi connectivity index (χ4v) is 7.76. The summed E-state index contributed by atoms with van der Waals surface area (Å²) in [6.07, 6.45) is 6.83. The van der Waals surface area contributed by atoms with Crippen LogP contribution in [0.3, 0.4) is 0 Å². The van der Waals surface area contributed by atoms with E-state index in [0.29, 0.717) is 42.6 Å². The molecule has 2 aromatic carbocycles. The lowest BCUT2D eigenvalue weighted by Crippen LogP contribution is -2.47. The van der Waals surface area contributed by atoms with Crippen molar-refractivity contribution in [3.63, 3.8) is 0 Å². The Bertz CT molecular complexity index is 1960. The molecule has 0 saturated carbocycles. The van der Waals surface area contributed by atoms with Crippen LogP contribution in [0.1, 0.15) is 35.6 Å². The Morgan fingerprint density at radius 3 is 2.44 bits per heavy atom. The molecule has 0 unspecified atom stereocenters. The topological polar surface area (TPSA) is 145 Å². The van der Waals surface area contributed by atoms with Gasteiger partial charge in [0.15, 0.2) is 5.82 Å². The first-order valence-corrected chi connectivity index (χ1v) is 18.6. The van der Waals surface area contributed by atoms with Gasteiger partial charge in [0.05, 0.1) is 27.5 Å². The first kappa shape index (κ1) is 35.1. The number of piperazine rings is 1. The van der Waals surface area contributed by atoms with Gasteiger partial charge in [0.25, 0.3) is 0 Å². The second-order valence-electron chi connectivity index (χ2n) is 13.1. The molecule has 0 atom stereocenters. The molecule has 52 heavy (non-hydrogen) atoms. The summed E-state index contributed by atoms with van der Waals surface area (Å²) in [6.45, 7) is 8.93. The number of ether oxygens (including phenoxy) is 1. The lowest BCUT2D eigenvalue weighted by Gasteiger charge is -2.36. The van der Waals surface area contributed by atoms with Gasteiger partial charge in [-0.2, -0.15) is 0 Å². The molecule has 2 fully saturated rings. The Morgan fingerprint density at radius 2 is 1.73 bits per heavy atom. The summed E-state index contributed by atoms with van der Waals surface area (Å²) >= 11 is 1.62. The number of nitrogens with zero attached hydrogens (tertiary/aromatic N) is 8. The molecule has 5 heterocycles. The summed E-state index contributed by atoms with van der Waals surface area (Å²) in [5.41, 5.74) is 8.33. The van der Waals surface area contributed by atoms with E-state index in [1.54, 1.807) is 23.5 Å². The highest BCUT2D eigenvalue weighted by molar-refractivity contribution is 7.13. The molecule has 0 spiro atoms. The number of rotatable bonds is 13. The third-order valence-electron chi connectivity index (χ3n) is 9.93. The highest BCUT2D eigenvalue weighted by atomic mass is 32.1. The van der Waals surface area contributed by atoms with Crippen molar-refractivity contribution in [2.75, 3.05) is 74.6 Å². The SMILES string of the molecule is CNc1nnc(-c2ccccc2O)cc1N1CCN(c2ncc(C3CCN(CCOc4cc(-c5scnc5C)ccc4CNC=O)CC3)cn2)CC1. The van der Waals surface area contributed by atoms with E-state index in [-0.39, 0.29) is 5.75 Å². The Hall–Kier alpha value is -5.34. The molecule has 0 bridgehead atoms. The van der Waals surface area contributed by atoms with Crippen molar-refractivity contribution >= 4 is 35.2 Å². The van der Waals surface area contributed by atoms with Gasteiger partial charge < -0.3 is 30.3 Å². The second-order valence-corrected chi connectivity index (χ2v) is 13.9. The van der Waals surface area contributed by atoms with Gasteiger partial charge >= 0.3 is 0 Å². The minimum absolute atomic E-state index is 0.182. The third kappa shape index (κ3) is 7.92. The largest absolute Gasteiger partial charge is 0.507 e. The number of carbonyl (C=O) groups excluding carboxylic acids is 1. The van der Waals surface area contributed by atoms with Crippen LogP contribution < -0.4 is 25.2 Å². The van der Waals surface area contributed by atoms with Crippen LogP contribution in [0.15, 0.2) is 66.4 Å². The van der Waals surface area contributed by atoms with Crippen LogP contribution in [0.25, 0.3) is 21.7 Å². The number of phenolic OH excluding ortho intramolecular Hbond substituents is 1. The predicted molar refractivity (Wildman–Crippen MR) is 204 cm³/mol. The van der Waals surface area contributed by atoms with Gasteiger partial charge in [-0.15, -0.1) is 21.5 Å². The first-order valence-electron chi connectivity index (χ1n) is 17.7. The van der Waals surface area contributed by atoms with Crippen molar-refractivity contribution < 1.29 is 14.6 Å². The lowest BCUT2D eigenvalue weighted by molar-refractivity contribution is -0.109. The Labute approximate surface area is 307 Å². The maximum absolute atomic E-state index is 11.0. The van der Waals surface area contributed by atoms with E-state index in [0.717, 1.165) is 97.7 Å². The maximum atomic E-state index is 11.0. The molecule has 7 rings (SSSR count). The minimum Gasteiger partial charge on any atom is -0.507 e. The zero-order valence-corrected chi connectivity index (χ0v) is 30.3. The van der Waals surface area contributed by atoms with E-state index >= 15 is 0 Å². The molecule has 5 aromatic rings. The van der Waals surface area contributed by atoms with Crippen LogP contribution in [-0.4, -0.2) is 101 Å². The van der Waals surface area contributed by atoms with Gasteiger partial charge in [-0.1, -0.05) is 24.3 Å². The maximum Gasteiger partial charge on any atom is 0.225 e. The number of aromatic hydroxyl groups is 1. The summed E-state index contributed by atoms with van der Waals surface area (Å²) < 4.78 is 6.31. The molecular weight excluding hydrogens is 677 g/mol. The molecule has 14 heteroatoms. The quantitative estimate of drug-likeness (QED) is 0.142. The highest BCUT2D eigenvalue weighted by Crippen LogP contribution is 2.34. The normalized spacial score (nSPS) is 15.4. The van der Waals surface area contributed by atoms with Gasteiger partial charge in [0.1, 0.15) is 18.1 Å². The number of phenols is 1. The predicted octanol–water partition coefficient (Wildman–Crippen LogP) is 4.94. The van der Waals surface area contributed by atoms with Gasteiger partial charge in [0.2, 0.25) is 12.4 Å². The molecule has 3 aromatic heterocycles. The summed E-state index contributed by atoms with van der Waals surface area (Å²) in [6, 6.07) is 15.3. The van der Waals surface area contributed by atoms with Gasteiger partial charge in [-0.05, 0) is 74.2 Å².